The van der Waals surface area contributed by atoms with Gasteiger partial charge in [0.1, 0.15) is 0 Å². The van der Waals surface area contributed by atoms with E-state index in [2.05, 4.69) is 26.5 Å². The lowest BCUT2D eigenvalue weighted by Gasteiger charge is -2.33. The molecule has 0 unspecified atom stereocenters. The Morgan fingerprint density at radius 3 is 2.37 bits per heavy atom. The van der Waals surface area contributed by atoms with Gasteiger partial charge < -0.3 is 0 Å². The van der Waals surface area contributed by atoms with Crippen LogP contribution in [0.15, 0.2) is 56.9 Å². The summed E-state index contributed by atoms with van der Waals surface area (Å²) in [4.78, 5) is 14.2. The highest BCUT2D eigenvalue weighted by Gasteiger charge is 2.28. The number of halogens is 3. The van der Waals surface area contributed by atoms with E-state index in [1.807, 2.05) is 4.90 Å². The second-order valence-corrected chi connectivity index (χ2v) is 10.3. The first-order chi connectivity index (χ1) is 14.3. The van der Waals surface area contributed by atoms with Crippen LogP contribution >= 0.6 is 39.1 Å². The average molecular weight is 534 g/mol. The minimum atomic E-state index is -3.54. The molecule has 0 bridgehead atoms. The third kappa shape index (κ3) is 6.03. The Morgan fingerprint density at radius 2 is 1.73 bits per heavy atom. The van der Waals surface area contributed by atoms with Gasteiger partial charge in [-0.15, -0.1) is 0 Å². The van der Waals surface area contributed by atoms with Crippen molar-refractivity contribution < 1.29 is 13.2 Å². The Morgan fingerprint density at radius 1 is 1.07 bits per heavy atom. The van der Waals surface area contributed by atoms with Crippen molar-refractivity contribution in [1.82, 2.24) is 14.6 Å². The number of amides is 1. The van der Waals surface area contributed by atoms with Gasteiger partial charge in [-0.2, -0.15) is 9.41 Å². The Bertz CT molecular complexity index is 1040. The Hall–Kier alpha value is -1.49. The first kappa shape index (κ1) is 23.2. The van der Waals surface area contributed by atoms with Crippen LogP contribution in [-0.2, 0) is 14.8 Å². The molecule has 0 saturated carbocycles. The summed E-state index contributed by atoms with van der Waals surface area (Å²) >= 11 is 15.1. The lowest BCUT2D eigenvalue weighted by Crippen LogP contribution is -2.50. The number of carbonyl (C=O) groups is 1. The third-order valence-corrected chi connectivity index (χ3v) is 7.68. The van der Waals surface area contributed by atoms with E-state index in [0.29, 0.717) is 41.8 Å². The molecule has 0 spiro atoms. The van der Waals surface area contributed by atoms with Gasteiger partial charge in [0, 0.05) is 30.7 Å². The van der Waals surface area contributed by atoms with E-state index in [9.17, 15) is 13.2 Å². The summed E-state index contributed by atoms with van der Waals surface area (Å²) in [7, 11) is -3.54. The largest absolute Gasteiger partial charge is 0.292 e. The quantitative estimate of drug-likeness (QED) is 0.456. The van der Waals surface area contributed by atoms with Crippen molar-refractivity contribution in [3.05, 3.63) is 62.5 Å². The molecular weight excluding hydrogens is 515 g/mol. The number of hydrazone groups is 1. The molecule has 2 aromatic carbocycles. The van der Waals surface area contributed by atoms with E-state index in [0.717, 1.165) is 4.47 Å². The monoisotopic (exact) mass is 532 g/mol. The predicted molar refractivity (Wildman–Crippen MR) is 122 cm³/mol. The molecule has 30 heavy (non-hydrogen) atoms. The minimum Gasteiger partial charge on any atom is -0.292 e. The van der Waals surface area contributed by atoms with Gasteiger partial charge >= 0.3 is 0 Å². The average Bonchev–Trinajstić information content (AvgIpc) is 2.71. The van der Waals surface area contributed by atoms with E-state index in [4.69, 9.17) is 23.2 Å². The highest BCUT2D eigenvalue weighted by molar-refractivity contribution is 9.10. The van der Waals surface area contributed by atoms with Crippen LogP contribution in [0.25, 0.3) is 0 Å². The molecule has 1 saturated heterocycles. The smallest absolute Gasteiger partial charge is 0.254 e. The van der Waals surface area contributed by atoms with Gasteiger partial charge in [-0.25, -0.2) is 13.8 Å². The maximum atomic E-state index is 12.7. The van der Waals surface area contributed by atoms with Crippen LogP contribution in [0.4, 0.5) is 0 Å². The second kappa shape index (κ2) is 10.2. The first-order valence-electron chi connectivity index (χ1n) is 9.01. The molecule has 2 aromatic rings. The minimum absolute atomic E-state index is 0.130. The normalized spacial score (nSPS) is 16.1. The molecule has 3 rings (SSSR count). The van der Waals surface area contributed by atoms with Crippen LogP contribution in [-0.4, -0.2) is 62.5 Å². The topological polar surface area (TPSA) is 82.1 Å². The fourth-order valence-electron chi connectivity index (χ4n) is 2.89. The van der Waals surface area contributed by atoms with Crippen molar-refractivity contribution in [1.29, 1.82) is 0 Å². The molecular formula is C19H19BrCl2N4O3S. The Kier molecular flexibility index (Phi) is 7.89. The molecule has 0 atom stereocenters. The SMILES string of the molecule is O=C(CN1CCN(S(=O)(=O)c2ccc(Br)cc2)CC1)NN=Cc1ccc(Cl)c(Cl)c1. The number of hydrogen-bond acceptors (Lipinski definition) is 5. The lowest BCUT2D eigenvalue weighted by molar-refractivity contribution is -0.122. The van der Waals surface area contributed by atoms with E-state index >= 15 is 0 Å². The number of sulfonamides is 1. The van der Waals surface area contributed by atoms with Gasteiger partial charge in [0.15, 0.2) is 0 Å². The Labute approximate surface area is 193 Å². The van der Waals surface area contributed by atoms with E-state index in [1.165, 1.54) is 10.5 Å². The zero-order valence-corrected chi connectivity index (χ0v) is 19.7. The Balaban J connectivity index is 1.48. The molecule has 160 valence electrons. The van der Waals surface area contributed by atoms with Crippen molar-refractivity contribution in [3.8, 4) is 0 Å². The van der Waals surface area contributed by atoms with Crippen molar-refractivity contribution in [2.24, 2.45) is 5.10 Å². The molecule has 7 nitrogen and oxygen atoms in total. The molecule has 1 aliphatic rings. The molecule has 1 aliphatic heterocycles. The highest BCUT2D eigenvalue weighted by atomic mass is 79.9. The number of benzene rings is 2. The summed E-state index contributed by atoms with van der Waals surface area (Å²) in [6.45, 7) is 1.68. The van der Waals surface area contributed by atoms with Crippen LogP contribution in [0.1, 0.15) is 5.56 Å². The van der Waals surface area contributed by atoms with Crippen LogP contribution < -0.4 is 5.43 Å². The van der Waals surface area contributed by atoms with Gasteiger partial charge in [0.2, 0.25) is 10.0 Å². The number of carbonyl (C=O) groups excluding carboxylic acids is 1. The number of nitrogens with zero attached hydrogens (tertiary/aromatic N) is 3. The summed E-state index contributed by atoms with van der Waals surface area (Å²) in [5.41, 5.74) is 3.17. The van der Waals surface area contributed by atoms with Crippen molar-refractivity contribution in [2.75, 3.05) is 32.7 Å². The predicted octanol–water partition coefficient (Wildman–Crippen LogP) is 3.21. The van der Waals surface area contributed by atoms with Gasteiger partial charge in [-0.05, 0) is 42.0 Å². The van der Waals surface area contributed by atoms with Gasteiger partial charge in [0.25, 0.3) is 5.91 Å². The summed E-state index contributed by atoms with van der Waals surface area (Å²) in [6, 6.07) is 11.6. The van der Waals surface area contributed by atoms with Gasteiger partial charge in [-0.1, -0.05) is 45.2 Å². The van der Waals surface area contributed by atoms with E-state index in [-0.39, 0.29) is 17.3 Å². The number of nitrogens with one attached hydrogen (secondary N) is 1. The lowest BCUT2D eigenvalue weighted by atomic mass is 10.2. The summed E-state index contributed by atoms with van der Waals surface area (Å²) in [5.74, 6) is -0.282. The van der Waals surface area contributed by atoms with Crippen LogP contribution in [0, 0.1) is 0 Å². The van der Waals surface area contributed by atoms with Gasteiger partial charge in [0.05, 0.1) is 27.7 Å². The fraction of sp³-hybridized carbons (Fsp3) is 0.263. The molecule has 11 heteroatoms. The van der Waals surface area contributed by atoms with Crippen LogP contribution in [0.5, 0.6) is 0 Å². The molecule has 0 aromatic heterocycles. The summed E-state index contributed by atoms with van der Waals surface area (Å²) in [5, 5.41) is 4.76. The van der Waals surface area contributed by atoms with Crippen molar-refractivity contribution in [2.45, 2.75) is 4.90 Å². The van der Waals surface area contributed by atoms with Gasteiger partial charge in [-0.3, -0.25) is 9.69 Å². The van der Waals surface area contributed by atoms with E-state index < -0.39 is 10.0 Å². The number of hydrogen-bond donors (Lipinski definition) is 1. The second-order valence-electron chi connectivity index (χ2n) is 6.60. The summed E-state index contributed by atoms with van der Waals surface area (Å²) < 4.78 is 27.7. The molecule has 1 amide bonds. The maximum Gasteiger partial charge on any atom is 0.254 e. The van der Waals surface area contributed by atoms with Crippen LogP contribution in [0.3, 0.4) is 0 Å². The first-order valence-corrected chi connectivity index (χ1v) is 12.0. The van der Waals surface area contributed by atoms with Crippen molar-refractivity contribution >= 4 is 61.3 Å². The molecule has 0 radical (unpaired) electrons. The number of piperazine rings is 1. The molecule has 0 aliphatic carbocycles. The molecule has 1 N–H and O–H groups in total. The zero-order valence-electron chi connectivity index (χ0n) is 15.8. The van der Waals surface area contributed by atoms with Crippen molar-refractivity contribution in [3.63, 3.8) is 0 Å². The third-order valence-electron chi connectivity index (χ3n) is 4.50. The molecule has 1 heterocycles. The fourth-order valence-corrected chi connectivity index (χ4v) is 4.89. The van der Waals surface area contributed by atoms with Crippen LogP contribution in [0.2, 0.25) is 10.0 Å². The zero-order chi connectivity index (χ0) is 21.7. The highest BCUT2D eigenvalue weighted by Crippen LogP contribution is 2.22. The summed E-state index contributed by atoms with van der Waals surface area (Å²) in [6.07, 6.45) is 1.48. The standard InChI is InChI=1S/C19H19BrCl2N4O3S/c20-15-2-4-16(5-3-15)30(28,29)26-9-7-25(8-10-26)13-19(27)24-23-12-14-1-6-17(21)18(22)11-14/h1-6,11-12H,7-10,13H2,(H,24,27). The number of rotatable bonds is 6. The maximum absolute atomic E-state index is 12.7. The van der Waals surface area contributed by atoms with E-state index in [1.54, 1.807) is 42.5 Å². The molecule has 1 fully saturated rings.